The second-order valence-corrected chi connectivity index (χ2v) is 4.41. The predicted octanol–water partition coefficient (Wildman–Crippen LogP) is 3.48. The van der Waals surface area contributed by atoms with Crippen LogP contribution in [-0.4, -0.2) is 26.4 Å². The van der Waals surface area contributed by atoms with Gasteiger partial charge in [0.15, 0.2) is 0 Å². The Labute approximate surface area is 112 Å². The Bertz CT molecular complexity index is 362. The zero-order valence-corrected chi connectivity index (χ0v) is 11.3. The molecule has 1 unspecified atom stereocenters. The van der Waals surface area contributed by atoms with Crippen LogP contribution in [0.2, 0.25) is 0 Å². The normalized spacial score (nSPS) is 13.5. The number of methoxy groups -OCH3 is 1. The Morgan fingerprint density at radius 1 is 1.21 bits per heavy atom. The van der Waals surface area contributed by atoms with Crippen LogP contribution in [0.15, 0.2) is 24.3 Å². The number of hydrogen-bond donors (Lipinski definition) is 1. The van der Waals surface area contributed by atoms with E-state index in [4.69, 9.17) is 4.74 Å². The van der Waals surface area contributed by atoms with Crippen molar-refractivity contribution in [1.29, 1.82) is 0 Å². The summed E-state index contributed by atoms with van der Waals surface area (Å²) in [5.41, 5.74) is 1.73. The first-order valence-electron chi connectivity index (χ1n) is 6.34. The zero-order chi connectivity index (χ0) is 14.3. The third kappa shape index (κ3) is 6.07. The van der Waals surface area contributed by atoms with Gasteiger partial charge in [0.05, 0.1) is 13.0 Å². The summed E-state index contributed by atoms with van der Waals surface area (Å²) in [4.78, 5) is 0. The minimum absolute atomic E-state index is 0.506. The van der Waals surface area contributed by atoms with E-state index in [9.17, 15) is 13.2 Å². The Morgan fingerprint density at radius 2 is 1.84 bits per heavy atom. The first-order valence-corrected chi connectivity index (χ1v) is 6.34. The number of benzene rings is 1. The third-order valence-electron chi connectivity index (χ3n) is 2.86. The Hall–Kier alpha value is -1.07. The van der Waals surface area contributed by atoms with Crippen molar-refractivity contribution in [3.63, 3.8) is 0 Å². The van der Waals surface area contributed by atoms with Crippen molar-refractivity contribution >= 4 is 0 Å². The van der Waals surface area contributed by atoms with Gasteiger partial charge >= 0.3 is 6.18 Å². The van der Waals surface area contributed by atoms with E-state index in [-0.39, 0.29) is 0 Å². The fourth-order valence-electron chi connectivity index (χ4n) is 1.92. The first-order chi connectivity index (χ1) is 8.96. The second kappa shape index (κ2) is 7.50. The van der Waals surface area contributed by atoms with Gasteiger partial charge in [0.1, 0.15) is 0 Å². The van der Waals surface area contributed by atoms with E-state index >= 15 is 0 Å². The second-order valence-electron chi connectivity index (χ2n) is 4.41. The lowest BCUT2D eigenvalue weighted by molar-refractivity contribution is -0.140. The smallest absolute Gasteiger partial charge is 0.384 e. The Balaban J connectivity index is 2.73. The van der Waals surface area contributed by atoms with Gasteiger partial charge in [-0.05, 0) is 24.1 Å². The lowest BCUT2D eigenvalue weighted by Crippen LogP contribution is -2.26. The molecule has 0 spiro atoms. The molecule has 108 valence electrons. The molecule has 0 aliphatic rings. The standard InChI is InChI=1S/C14H20F3NO/c1-3-18-13(10-14(15,16)17)12-6-4-11(5-7-12)8-9-19-2/h4-7,13,18H,3,8-10H2,1-2H3. The van der Waals surface area contributed by atoms with Crippen LogP contribution in [0.5, 0.6) is 0 Å². The third-order valence-corrected chi connectivity index (χ3v) is 2.86. The van der Waals surface area contributed by atoms with Crippen molar-refractivity contribution in [2.24, 2.45) is 0 Å². The molecule has 1 atom stereocenters. The molecule has 0 saturated heterocycles. The quantitative estimate of drug-likeness (QED) is 0.822. The van der Waals surface area contributed by atoms with Gasteiger partial charge < -0.3 is 10.1 Å². The molecule has 0 fully saturated rings. The number of ether oxygens (including phenoxy) is 1. The molecule has 0 aromatic heterocycles. The van der Waals surface area contributed by atoms with Crippen LogP contribution < -0.4 is 5.32 Å². The highest BCUT2D eigenvalue weighted by Gasteiger charge is 2.32. The average molecular weight is 275 g/mol. The van der Waals surface area contributed by atoms with Gasteiger partial charge in [-0.1, -0.05) is 31.2 Å². The molecule has 0 saturated carbocycles. The minimum atomic E-state index is -4.17. The minimum Gasteiger partial charge on any atom is -0.384 e. The van der Waals surface area contributed by atoms with Gasteiger partial charge in [-0.2, -0.15) is 13.2 Å². The van der Waals surface area contributed by atoms with Gasteiger partial charge in [-0.25, -0.2) is 0 Å². The van der Waals surface area contributed by atoms with Gasteiger partial charge in [-0.15, -0.1) is 0 Å². The first kappa shape index (κ1) is 16.0. The molecule has 1 aromatic carbocycles. The summed E-state index contributed by atoms with van der Waals surface area (Å²) < 4.78 is 42.5. The number of nitrogens with one attached hydrogen (secondary N) is 1. The molecule has 0 amide bonds. The lowest BCUT2D eigenvalue weighted by atomic mass is 10.0. The predicted molar refractivity (Wildman–Crippen MR) is 69.1 cm³/mol. The molecule has 19 heavy (non-hydrogen) atoms. The summed E-state index contributed by atoms with van der Waals surface area (Å²) in [5, 5.41) is 2.87. The van der Waals surface area contributed by atoms with Crippen LogP contribution in [0.4, 0.5) is 13.2 Å². The number of rotatable bonds is 7. The summed E-state index contributed by atoms with van der Waals surface area (Å²) in [6, 6.07) is 6.54. The SMILES string of the molecule is CCNC(CC(F)(F)F)c1ccc(CCOC)cc1. The summed E-state index contributed by atoms with van der Waals surface area (Å²) >= 11 is 0. The van der Waals surface area contributed by atoms with Gasteiger partial charge in [0.25, 0.3) is 0 Å². The van der Waals surface area contributed by atoms with E-state index in [1.54, 1.807) is 26.2 Å². The molecule has 0 radical (unpaired) electrons. The number of hydrogen-bond acceptors (Lipinski definition) is 2. The van der Waals surface area contributed by atoms with E-state index in [1.807, 2.05) is 12.1 Å². The molecule has 5 heteroatoms. The summed E-state index contributed by atoms with van der Waals surface area (Å²) in [7, 11) is 1.62. The topological polar surface area (TPSA) is 21.3 Å². The van der Waals surface area contributed by atoms with Crippen LogP contribution in [0, 0.1) is 0 Å². The molecular formula is C14H20F3NO. The molecule has 0 heterocycles. The van der Waals surface area contributed by atoms with Crippen molar-refractivity contribution in [2.75, 3.05) is 20.3 Å². The summed E-state index contributed by atoms with van der Waals surface area (Å²) in [5.74, 6) is 0. The van der Waals surface area contributed by atoms with Crippen molar-refractivity contribution in [1.82, 2.24) is 5.32 Å². The van der Waals surface area contributed by atoms with Crippen LogP contribution in [0.25, 0.3) is 0 Å². The fourth-order valence-corrected chi connectivity index (χ4v) is 1.92. The molecule has 1 N–H and O–H groups in total. The molecule has 0 aliphatic carbocycles. The van der Waals surface area contributed by atoms with Crippen molar-refractivity contribution < 1.29 is 17.9 Å². The van der Waals surface area contributed by atoms with Gasteiger partial charge in [0, 0.05) is 13.2 Å². The van der Waals surface area contributed by atoms with Crippen LogP contribution >= 0.6 is 0 Å². The monoisotopic (exact) mass is 275 g/mol. The van der Waals surface area contributed by atoms with E-state index < -0.39 is 18.6 Å². The molecular weight excluding hydrogens is 255 g/mol. The summed E-state index contributed by atoms with van der Waals surface area (Å²) in [6.45, 7) is 2.92. The zero-order valence-electron chi connectivity index (χ0n) is 11.3. The number of halogens is 3. The highest BCUT2D eigenvalue weighted by molar-refractivity contribution is 5.25. The molecule has 0 bridgehead atoms. The van der Waals surface area contributed by atoms with Gasteiger partial charge in [0.2, 0.25) is 0 Å². The van der Waals surface area contributed by atoms with E-state index in [0.29, 0.717) is 18.7 Å². The Morgan fingerprint density at radius 3 is 2.32 bits per heavy atom. The highest BCUT2D eigenvalue weighted by atomic mass is 19.4. The molecule has 0 aliphatic heterocycles. The molecule has 1 aromatic rings. The largest absolute Gasteiger partial charge is 0.390 e. The van der Waals surface area contributed by atoms with Crippen LogP contribution in [-0.2, 0) is 11.2 Å². The Kier molecular flexibility index (Phi) is 6.31. The van der Waals surface area contributed by atoms with E-state index in [2.05, 4.69) is 5.32 Å². The maximum atomic E-state index is 12.5. The van der Waals surface area contributed by atoms with Crippen molar-refractivity contribution in [3.05, 3.63) is 35.4 Å². The van der Waals surface area contributed by atoms with Crippen molar-refractivity contribution in [3.8, 4) is 0 Å². The average Bonchev–Trinajstić information content (AvgIpc) is 2.35. The fraction of sp³-hybridized carbons (Fsp3) is 0.571. The van der Waals surface area contributed by atoms with E-state index in [1.165, 1.54) is 0 Å². The maximum Gasteiger partial charge on any atom is 0.390 e. The molecule has 1 rings (SSSR count). The van der Waals surface area contributed by atoms with E-state index in [0.717, 1.165) is 12.0 Å². The lowest BCUT2D eigenvalue weighted by Gasteiger charge is -2.20. The number of alkyl halides is 3. The maximum absolute atomic E-state index is 12.5. The highest BCUT2D eigenvalue weighted by Crippen LogP contribution is 2.29. The van der Waals surface area contributed by atoms with Crippen LogP contribution in [0.1, 0.15) is 30.5 Å². The summed E-state index contributed by atoms with van der Waals surface area (Å²) in [6.07, 6.45) is -4.25. The van der Waals surface area contributed by atoms with Crippen molar-refractivity contribution in [2.45, 2.75) is 32.0 Å². The molecule has 2 nitrogen and oxygen atoms in total. The van der Waals surface area contributed by atoms with Gasteiger partial charge in [-0.3, -0.25) is 0 Å². The van der Waals surface area contributed by atoms with Crippen LogP contribution in [0.3, 0.4) is 0 Å².